The van der Waals surface area contributed by atoms with Gasteiger partial charge in [0, 0.05) is 23.9 Å². The molecule has 0 aliphatic carbocycles. The Bertz CT molecular complexity index is 1300. The molecule has 5 aromatic rings. The van der Waals surface area contributed by atoms with Crippen LogP contribution in [0.15, 0.2) is 60.8 Å². The van der Waals surface area contributed by atoms with Gasteiger partial charge >= 0.3 is 0 Å². The molecule has 7 heteroatoms. The molecule has 2 aromatic carbocycles. The Morgan fingerprint density at radius 1 is 0.967 bits per heavy atom. The fourth-order valence-corrected chi connectivity index (χ4v) is 3.80. The van der Waals surface area contributed by atoms with E-state index < -0.39 is 0 Å². The van der Waals surface area contributed by atoms with E-state index in [1.54, 1.807) is 0 Å². The number of aromatic amines is 1. The lowest BCUT2D eigenvalue weighted by Crippen LogP contribution is -2.02. The summed E-state index contributed by atoms with van der Waals surface area (Å²) < 4.78 is 2.17. The number of nitrogens with one attached hydrogen (secondary N) is 1. The highest BCUT2D eigenvalue weighted by Crippen LogP contribution is 2.31. The summed E-state index contributed by atoms with van der Waals surface area (Å²) in [5.74, 6) is 1.62. The van der Waals surface area contributed by atoms with Crippen molar-refractivity contribution >= 4 is 11.2 Å². The van der Waals surface area contributed by atoms with Crippen molar-refractivity contribution in [2.24, 2.45) is 0 Å². The third-order valence-electron chi connectivity index (χ3n) is 5.24. The Hall–Kier alpha value is -3.87. The number of benzene rings is 2. The molecule has 30 heavy (non-hydrogen) atoms. The second-order valence-electron chi connectivity index (χ2n) is 7.24. The highest BCUT2D eigenvalue weighted by molar-refractivity contribution is 5.81. The van der Waals surface area contributed by atoms with Crippen LogP contribution in [0.1, 0.15) is 24.7 Å². The molecular formula is C23H21N7. The molecule has 0 bridgehead atoms. The molecule has 0 radical (unpaired) electrons. The first kappa shape index (κ1) is 18.2. The topological polar surface area (TPSA) is 85.2 Å². The fraction of sp³-hybridized carbons (Fsp3) is 0.174. The number of imidazole rings is 1. The molecule has 148 valence electrons. The smallest absolute Gasteiger partial charge is 0.205 e. The van der Waals surface area contributed by atoms with E-state index in [1.807, 2.05) is 30.5 Å². The SMILES string of the molecule is CCCc1nc2c(C)ccnc2n1-c1ccc(-c2ccccc2-c2nn[nH]n2)cc1. The molecule has 3 heterocycles. The van der Waals surface area contributed by atoms with E-state index in [0.717, 1.165) is 57.8 Å². The lowest BCUT2D eigenvalue weighted by molar-refractivity contribution is 0.815. The van der Waals surface area contributed by atoms with E-state index >= 15 is 0 Å². The van der Waals surface area contributed by atoms with Gasteiger partial charge in [0.15, 0.2) is 5.65 Å². The van der Waals surface area contributed by atoms with Gasteiger partial charge < -0.3 is 0 Å². The number of rotatable bonds is 5. The molecule has 0 unspecified atom stereocenters. The summed E-state index contributed by atoms with van der Waals surface area (Å²) >= 11 is 0. The van der Waals surface area contributed by atoms with Gasteiger partial charge in [-0.05, 0) is 53.4 Å². The van der Waals surface area contributed by atoms with Crippen molar-refractivity contribution in [1.29, 1.82) is 0 Å². The minimum atomic E-state index is 0.584. The van der Waals surface area contributed by atoms with Crippen molar-refractivity contribution in [3.63, 3.8) is 0 Å². The van der Waals surface area contributed by atoms with Gasteiger partial charge in [0.25, 0.3) is 0 Å². The van der Waals surface area contributed by atoms with Gasteiger partial charge in [-0.15, -0.1) is 10.2 Å². The third kappa shape index (κ3) is 3.04. The number of fused-ring (bicyclic) bond motifs is 1. The highest BCUT2D eigenvalue weighted by atomic mass is 15.5. The molecule has 3 aromatic heterocycles. The number of H-pyrrole nitrogens is 1. The standard InChI is InChI=1S/C23H21N7/c1-3-6-20-25-21-15(2)13-14-24-23(21)30(20)17-11-9-16(10-12-17)18-7-4-5-8-19(18)22-26-28-29-27-22/h4-5,7-14H,3,6H2,1-2H3,(H,26,27,28,29). The van der Waals surface area contributed by atoms with Gasteiger partial charge in [0.2, 0.25) is 5.82 Å². The zero-order chi connectivity index (χ0) is 20.5. The number of hydrogen-bond donors (Lipinski definition) is 1. The van der Waals surface area contributed by atoms with Crippen molar-refractivity contribution in [2.75, 3.05) is 0 Å². The summed E-state index contributed by atoms with van der Waals surface area (Å²) in [6, 6.07) is 18.5. The van der Waals surface area contributed by atoms with Crippen LogP contribution in [0.25, 0.3) is 39.4 Å². The number of aromatic nitrogens is 7. The molecule has 0 saturated carbocycles. The predicted molar refractivity (Wildman–Crippen MR) is 116 cm³/mol. The normalized spacial score (nSPS) is 11.3. The van der Waals surface area contributed by atoms with Crippen LogP contribution in [0.4, 0.5) is 0 Å². The Balaban J connectivity index is 1.61. The minimum absolute atomic E-state index is 0.584. The van der Waals surface area contributed by atoms with E-state index in [1.165, 1.54) is 0 Å². The average molecular weight is 395 g/mol. The molecule has 0 aliphatic heterocycles. The quantitative estimate of drug-likeness (QED) is 0.473. The Morgan fingerprint density at radius 2 is 1.77 bits per heavy atom. The fourth-order valence-electron chi connectivity index (χ4n) is 3.80. The summed E-state index contributed by atoms with van der Waals surface area (Å²) in [5.41, 5.74) is 7.15. The average Bonchev–Trinajstić information content (AvgIpc) is 3.43. The van der Waals surface area contributed by atoms with Crippen molar-refractivity contribution in [1.82, 2.24) is 35.2 Å². The van der Waals surface area contributed by atoms with Crippen LogP contribution in [0, 0.1) is 6.92 Å². The number of pyridine rings is 1. The van der Waals surface area contributed by atoms with Gasteiger partial charge in [0.05, 0.1) is 0 Å². The van der Waals surface area contributed by atoms with Gasteiger partial charge in [-0.3, -0.25) is 4.57 Å². The van der Waals surface area contributed by atoms with Gasteiger partial charge in [-0.1, -0.05) is 43.3 Å². The Morgan fingerprint density at radius 3 is 2.50 bits per heavy atom. The van der Waals surface area contributed by atoms with E-state index in [0.29, 0.717) is 5.82 Å². The van der Waals surface area contributed by atoms with Crippen LogP contribution in [-0.2, 0) is 6.42 Å². The molecule has 0 atom stereocenters. The van der Waals surface area contributed by atoms with Crippen LogP contribution in [0.2, 0.25) is 0 Å². The first-order valence-electron chi connectivity index (χ1n) is 10.0. The maximum atomic E-state index is 4.88. The van der Waals surface area contributed by atoms with Crippen LogP contribution in [0.5, 0.6) is 0 Å². The highest BCUT2D eigenvalue weighted by Gasteiger charge is 2.15. The van der Waals surface area contributed by atoms with E-state index in [-0.39, 0.29) is 0 Å². The van der Waals surface area contributed by atoms with Crippen LogP contribution in [-0.4, -0.2) is 35.2 Å². The predicted octanol–water partition coefficient (Wildman–Crippen LogP) is 4.53. The number of tetrazole rings is 1. The molecule has 0 fully saturated rings. The maximum absolute atomic E-state index is 4.88. The van der Waals surface area contributed by atoms with Crippen LogP contribution in [0.3, 0.4) is 0 Å². The molecular weight excluding hydrogens is 374 g/mol. The first-order valence-corrected chi connectivity index (χ1v) is 10.0. The van der Waals surface area contributed by atoms with Crippen LogP contribution < -0.4 is 0 Å². The largest absolute Gasteiger partial charge is 0.281 e. The molecule has 5 rings (SSSR count). The number of hydrogen-bond acceptors (Lipinski definition) is 5. The second kappa shape index (κ2) is 7.51. The van der Waals surface area contributed by atoms with E-state index in [9.17, 15) is 0 Å². The van der Waals surface area contributed by atoms with Crippen molar-refractivity contribution in [3.05, 3.63) is 72.2 Å². The molecule has 1 N–H and O–H groups in total. The van der Waals surface area contributed by atoms with Crippen molar-refractivity contribution in [3.8, 4) is 28.2 Å². The zero-order valence-corrected chi connectivity index (χ0v) is 16.9. The maximum Gasteiger partial charge on any atom is 0.205 e. The molecule has 0 aliphatic rings. The number of nitrogens with zero attached hydrogens (tertiary/aromatic N) is 6. The van der Waals surface area contributed by atoms with Gasteiger partial charge in [-0.25, -0.2) is 9.97 Å². The van der Waals surface area contributed by atoms with Crippen molar-refractivity contribution < 1.29 is 0 Å². The molecule has 0 spiro atoms. The van der Waals surface area contributed by atoms with E-state index in [4.69, 9.17) is 4.98 Å². The summed E-state index contributed by atoms with van der Waals surface area (Å²) in [5, 5.41) is 14.5. The molecule has 7 nitrogen and oxygen atoms in total. The summed E-state index contributed by atoms with van der Waals surface area (Å²) in [7, 11) is 0. The summed E-state index contributed by atoms with van der Waals surface area (Å²) in [6.07, 6.45) is 3.78. The molecule has 0 amide bonds. The lowest BCUT2D eigenvalue weighted by Gasteiger charge is -2.11. The minimum Gasteiger partial charge on any atom is -0.281 e. The molecule has 0 saturated heterocycles. The summed E-state index contributed by atoms with van der Waals surface area (Å²) in [4.78, 5) is 9.50. The van der Waals surface area contributed by atoms with E-state index in [2.05, 4.69) is 74.4 Å². The zero-order valence-electron chi connectivity index (χ0n) is 16.9. The number of aryl methyl sites for hydroxylation is 2. The van der Waals surface area contributed by atoms with Gasteiger partial charge in [0.1, 0.15) is 11.3 Å². The summed E-state index contributed by atoms with van der Waals surface area (Å²) in [6.45, 7) is 4.25. The monoisotopic (exact) mass is 395 g/mol. The lowest BCUT2D eigenvalue weighted by atomic mass is 9.99. The Kier molecular flexibility index (Phi) is 4.55. The van der Waals surface area contributed by atoms with Crippen LogP contribution >= 0.6 is 0 Å². The van der Waals surface area contributed by atoms with Crippen molar-refractivity contribution in [2.45, 2.75) is 26.7 Å². The first-order chi connectivity index (χ1) is 14.8. The second-order valence-corrected chi connectivity index (χ2v) is 7.24. The third-order valence-corrected chi connectivity index (χ3v) is 5.24. The van der Waals surface area contributed by atoms with Gasteiger partial charge in [-0.2, -0.15) is 5.21 Å². The Labute approximate surface area is 173 Å².